The maximum atomic E-state index is 11.3. The molecule has 0 aliphatic rings. The van der Waals surface area contributed by atoms with Crippen LogP contribution in [-0.4, -0.2) is 15.9 Å². The topological polar surface area (TPSA) is 54.9 Å². The fourth-order valence-corrected chi connectivity index (χ4v) is 1.29. The Morgan fingerprint density at radius 1 is 1.53 bits per heavy atom. The second kappa shape index (κ2) is 5.07. The largest absolute Gasteiger partial charge is 0.349 e. The molecule has 1 aromatic rings. The van der Waals surface area contributed by atoms with Crippen LogP contribution in [0, 0.1) is 12.8 Å². The summed E-state index contributed by atoms with van der Waals surface area (Å²) in [6.07, 6.45) is 0. The van der Waals surface area contributed by atoms with Crippen molar-refractivity contribution in [1.82, 2.24) is 15.3 Å². The monoisotopic (exact) mass is 227 g/mol. The zero-order chi connectivity index (χ0) is 11.4. The van der Waals surface area contributed by atoms with Crippen molar-refractivity contribution in [3.8, 4) is 0 Å². The number of hydrogen-bond donors (Lipinski definition) is 1. The molecule has 0 spiro atoms. The van der Waals surface area contributed by atoms with Gasteiger partial charge in [0.15, 0.2) is 0 Å². The van der Waals surface area contributed by atoms with Gasteiger partial charge in [-0.3, -0.25) is 4.79 Å². The van der Waals surface area contributed by atoms with E-state index in [0.717, 1.165) is 5.69 Å². The molecule has 5 heteroatoms. The van der Waals surface area contributed by atoms with Crippen LogP contribution < -0.4 is 5.32 Å². The highest BCUT2D eigenvalue weighted by Gasteiger charge is 2.07. The Morgan fingerprint density at radius 3 is 2.73 bits per heavy atom. The van der Waals surface area contributed by atoms with Crippen LogP contribution in [-0.2, 0) is 11.3 Å². The summed E-state index contributed by atoms with van der Waals surface area (Å²) in [5.41, 5.74) is 0.795. The standard InChI is InChI=1S/C10H14ClN3O/c1-6(2)10(15)12-5-9-13-7(3)4-8(11)14-9/h4,6H,5H2,1-3H3,(H,12,15). The Hall–Kier alpha value is -1.16. The maximum Gasteiger partial charge on any atom is 0.222 e. The van der Waals surface area contributed by atoms with Gasteiger partial charge in [-0.15, -0.1) is 0 Å². The molecule has 1 aromatic heterocycles. The number of nitrogens with one attached hydrogen (secondary N) is 1. The summed E-state index contributed by atoms with van der Waals surface area (Å²) in [5, 5.41) is 3.13. The van der Waals surface area contributed by atoms with Gasteiger partial charge in [0.1, 0.15) is 11.0 Å². The number of carbonyl (C=O) groups is 1. The maximum absolute atomic E-state index is 11.3. The molecule has 0 atom stereocenters. The van der Waals surface area contributed by atoms with E-state index in [2.05, 4.69) is 15.3 Å². The van der Waals surface area contributed by atoms with E-state index >= 15 is 0 Å². The Kier molecular flexibility index (Phi) is 4.03. The number of carbonyl (C=O) groups excluding carboxylic acids is 1. The Labute approximate surface area is 94.1 Å². The third kappa shape index (κ3) is 3.83. The van der Waals surface area contributed by atoms with Gasteiger partial charge in [-0.25, -0.2) is 9.97 Å². The van der Waals surface area contributed by atoms with E-state index in [4.69, 9.17) is 11.6 Å². The molecule has 1 rings (SSSR count). The minimum absolute atomic E-state index is 0.0174. The lowest BCUT2D eigenvalue weighted by Gasteiger charge is -2.07. The lowest BCUT2D eigenvalue weighted by molar-refractivity contribution is -0.124. The molecule has 1 heterocycles. The normalized spacial score (nSPS) is 10.5. The third-order valence-electron chi connectivity index (χ3n) is 1.81. The fourth-order valence-electron chi connectivity index (χ4n) is 1.04. The number of aromatic nitrogens is 2. The van der Waals surface area contributed by atoms with Crippen molar-refractivity contribution < 1.29 is 4.79 Å². The van der Waals surface area contributed by atoms with E-state index in [1.807, 2.05) is 20.8 Å². The first-order valence-corrected chi connectivity index (χ1v) is 5.14. The summed E-state index contributed by atoms with van der Waals surface area (Å²) in [6, 6.07) is 1.68. The van der Waals surface area contributed by atoms with Crippen molar-refractivity contribution >= 4 is 17.5 Å². The zero-order valence-electron chi connectivity index (χ0n) is 9.04. The van der Waals surface area contributed by atoms with E-state index in [1.54, 1.807) is 6.07 Å². The first kappa shape index (κ1) is 11.9. The molecule has 0 radical (unpaired) electrons. The van der Waals surface area contributed by atoms with Crippen molar-refractivity contribution in [1.29, 1.82) is 0 Å². The average molecular weight is 228 g/mol. The van der Waals surface area contributed by atoms with Gasteiger partial charge in [0, 0.05) is 11.6 Å². The number of aryl methyl sites for hydroxylation is 1. The van der Waals surface area contributed by atoms with E-state index < -0.39 is 0 Å². The van der Waals surface area contributed by atoms with Gasteiger partial charge in [0.05, 0.1) is 6.54 Å². The number of nitrogens with zero attached hydrogens (tertiary/aromatic N) is 2. The molecule has 0 fully saturated rings. The van der Waals surface area contributed by atoms with E-state index in [9.17, 15) is 4.79 Å². The zero-order valence-corrected chi connectivity index (χ0v) is 9.80. The molecule has 1 N–H and O–H groups in total. The molecule has 0 aliphatic heterocycles. The highest BCUT2D eigenvalue weighted by atomic mass is 35.5. The van der Waals surface area contributed by atoms with Crippen LogP contribution in [0.1, 0.15) is 25.4 Å². The summed E-state index contributed by atoms with van der Waals surface area (Å²) < 4.78 is 0. The Bertz CT molecular complexity index is 345. The smallest absolute Gasteiger partial charge is 0.222 e. The van der Waals surface area contributed by atoms with Gasteiger partial charge in [0.2, 0.25) is 5.91 Å². The highest BCUT2D eigenvalue weighted by molar-refractivity contribution is 6.29. The minimum Gasteiger partial charge on any atom is -0.349 e. The van der Waals surface area contributed by atoms with Crippen molar-refractivity contribution in [3.05, 3.63) is 22.7 Å². The molecule has 0 aromatic carbocycles. The quantitative estimate of drug-likeness (QED) is 0.800. The van der Waals surface area contributed by atoms with Crippen LogP contribution in [0.3, 0.4) is 0 Å². The highest BCUT2D eigenvalue weighted by Crippen LogP contribution is 2.06. The van der Waals surface area contributed by atoms with Crippen molar-refractivity contribution in [2.45, 2.75) is 27.3 Å². The lowest BCUT2D eigenvalue weighted by Crippen LogP contribution is -2.28. The summed E-state index contributed by atoms with van der Waals surface area (Å²) in [7, 11) is 0. The molecule has 82 valence electrons. The molecule has 0 unspecified atom stereocenters. The number of rotatable bonds is 3. The summed E-state index contributed by atoms with van der Waals surface area (Å²) in [6.45, 7) is 5.82. The van der Waals surface area contributed by atoms with Gasteiger partial charge in [-0.2, -0.15) is 0 Å². The van der Waals surface area contributed by atoms with Gasteiger partial charge in [-0.05, 0) is 13.0 Å². The van der Waals surface area contributed by atoms with E-state index in [1.165, 1.54) is 0 Å². The summed E-state index contributed by atoms with van der Waals surface area (Å²) >= 11 is 5.76. The van der Waals surface area contributed by atoms with Crippen molar-refractivity contribution in [2.24, 2.45) is 5.92 Å². The van der Waals surface area contributed by atoms with Crippen LogP contribution in [0.25, 0.3) is 0 Å². The first-order valence-electron chi connectivity index (χ1n) is 4.77. The molecule has 0 saturated heterocycles. The second-order valence-electron chi connectivity index (χ2n) is 3.62. The molecular formula is C10H14ClN3O. The number of amides is 1. The Morgan fingerprint density at radius 2 is 2.20 bits per heavy atom. The van der Waals surface area contributed by atoms with Crippen LogP contribution in [0.2, 0.25) is 5.15 Å². The first-order chi connectivity index (χ1) is 6.99. The van der Waals surface area contributed by atoms with Gasteiger partial charge in [-0.1, -0.05) is 25.4 Å². The van der Waals surface area contributed by atoms with Gasteiger partial charge in [0.25, 0.3) is 0 Å². The predicted octanol–water partition coefficient (Wildman–Crippen LogP) is 1.71. The van der Waals surface area contributed by atoms with E-state index in [0.29, 0.717) is 17.5 Å². The second-order valence-corrected chi connectivity index (χ2v) is 4.01. The van der Waals surface area contributed by atoms with Crippen LogP contribution in [0.5, 0.6) is 0 Å². The molecular weight excluding hydrogens is 214 g/mol. The Balaban J connectivity index is 2.61. The van der Waals surface area contributed by atoms with Crippen molar-refractivity contribution in [2.75, 3.05) is 0 Å². The number of hydrogen-bond acceptors (Lipinski definition) is 3. The van der Waals surface area contributed by atoms with Crippen LogP contribution >= 0.6 is 11.6 Å². The molecule has 15 heavy (non-hydrogen) atoms. The van der Waals surface area contributed by atoms with E-state index in [-0.39, 0.29) is 11.8 Å². The van der Waals surface area contributed by atoms with Crippen LogP contribution in [0.4, 0.5) is 0 Å². The average Bonchev–Trinajstić information content (AvgIpc) is 2.12. The fraction of sp³-hybridized carbons (Fsp3) is 0.500. The van der Waals surface area contributed by atoms with Gasteiger partial charge >= 0.3 is 0 Å². The van der Waals surface area contributed by atoms with Gasteiger partial charge < -0.3 is 5.32 Å². The predicted molar refractivity (Wildman–Crippen MR) is 58.5 cm³/mol. The minimum atomic E-state index is -0.0368. The molecule has 1 amide bonds. The summed E-state index contributed by atoms with van der Waals surface area (Å²) in [5.74, 6) is 0.482. The molecule has 0 bridgehead atoms. The third-order valence-corrected chi connectivity index (χ3v) is 2.01. The lowest BCUT2D eigenvalue weighted by atomic mass is 10.2. The summed E-state index contributed by atoms with van der Waals surface area (Å²) in [4.78, 5) is 19.4. The molecule has 0 aliphatic carbocycles. The molecule has 4 nitrogen and oxygen atoms in total. The number of halogens is 1. The van der Waals surface area contributed by atoms with Crippen molar-refractivity contribution in [3.63, 3.8) is 0 Å². The SMILES string of the molecule is Cc1cc(Cl)nc(CNC(=O)C(C)C)n1. The molecule has 0 saturated carbocycles. The van der Waals surface area contributed by atoms with Crippen LogP contribution in [0.15, 0.2) is 6.07 Å².